The second kappa shape index (κ2) is 4.12. The Hall–Kier alpha value is -1.98. The normalized spacial score (nSPS) is 11.7. The van der Waals surface area contributed by atoms with Crippen molar-refractivity contribution in [1.82, 2.24) is 4.98 Å². The summed E-state index contributed by atoms with van der Waals surface area (Å²) < 4.78 is 36.5. The fourth-order valence-corrected chi connectivity index (χ4v) is 1.54. The standard InChI is InChI=1S/C11H10F3N3/c12-11(13,14)6-17-10-7-3-1-2-4-9(7)16-5-8(10)15/h1-5H,6,15H2,(H,16,17). The lowest BCUT2D eigenvalue weighted by Crippen LogP contribution is -2.22. The molecule has 0 fully saturated rings. The summed E-state index contributed by atoms with van der Waals surface area (Å²) in [4.78, 5) is 4.04. The molecule has 0 aliphatic rings. The van der Waals surface area contributed by atoms with Crippen LogP contribution in [0.3, 0.4) is 0 Å². The molecule has 0 amide bonds. The van der Waals surface area contributed by atoms with Crippen molar-refractivity contribution in [3.05, 3.63) is 30.5 Å². The highest BCUT2D eigenvalue weighted by Crippen LogP contribution is 2.28. The van der Waals surface area contributed by atoms with Crippen molar-refractivity contribution in [2.75, 3.05) is 17.6 Å². The Morgan fingerprint density at radius 3 is 2.65 bits per heavy atom. The largest absolute Gasteiger partial charge is 0.405 e. The molecular formula is C11H10F3N3. The molecule has 0 saturated heterocycles. The number of hydrogen-bond donors (Lipinski definition) is 2. The second-order valence-electron chi connectivity index (χ2n) is 3.57. The van der Waals surface area contributed by atoms with E-state index in [1.165, 1.54) is 6.20 Å². The number of nitrogens with one attached hydrogen (secondary N) is 1. The predicted octanol–water partition coefficient (Wildman–Crippen LogP) is 2.79. The molecule has 3 nitrogen and oxygen atoms in total. The van der Waals surface area contributed by atoms with Gasteiger partial charge in [-0.1, -0.05) is 18.2 Å². The number of para-hydroxylation sites is 1. The lowest BCUT2D eigenvalue weighted by atomic mass is 10.1. The number of hydrogen-bond acceptors (Lipinski definition) is 3. The molecule has 1 aromatic heterocycles. The van der Waals surface area contributed by atoms with Crippen LogP contribution in [0.1, 0.15) is 0 Å². The second-order valence-corrected chi connectivity index (χ2v) is 3.57. The van der Waals surface area contributed by atoms with Crippen LogP contribution in [0, 0.1) is 0 Å². The van der Waals surface area contributed by atoms with Crippen LogP contribution in [-0.2, 0) is 0 Å². The number of nitrogen functional groups attached to an aromatic ring is 1. The minimum Gasteiger partial charge on any atom is -0.396 e. The van der Waals surface area contributed by atoms with Crippen LogP contribution in [-0.4, -0.2) is 17.7 Å². The highest BCUT2D eigenvalue weighted by atomic mass is 19.4. The molecule has 0 unspecified atom stereocenters. The molecule has 0 aliphatic carbocycles. The number of pyridine rings is 1. The summed E-state index contributed by atoms with van der Waals surface area (Å²) >= 11 is 0. The molecule has 0 atom stereocenters. The molecule has 2 aromatic rings. The lowest BCUT2D eigenvalue weighted by molar-refractivity contribution is -0.115. The van der Waals surface area contributed by atoms with Crippen LogP contribution >= 0.6 is 0 Å². The van der Waals surface area contributed by atoms with Crippen LogP contribution in [0.2, 0.25) is 0 Å². The Bertz CT molecular complexity index is 537. The van der Waals surface area contributed by atoms with E-state index in [1.807, 2.05) is 0 Å². The van der Waals surface area contributed by atoms with E-state index in [2.05, 4.69) is 10.3 Å². The molecule has 6 heteroatoms. The zero-order valence-corrected chi connectivity index (χ0v) is 8.75. The molecule has 0 spiro atoms. The number of alkyl halides is 3. The van der Waals surface area contributed by atoms with Gasteiger partial charge in [-0.15, -0.1) is 0 Å². The first-order valence-electron chi connectivity index (χ1n) is 4.91. The van der Waals surface area contributed by atoms with Gasteiger partial charge in [0.15, 0.2) is 0 Å². The van der Waals surface area contributed by atoms with E-state index < -0.39 is 12.7 Å². The van der Waals surface area contributed by atoms with Gasteiger partial charge in [-0.05, 0) is 6.07 Å². The number of aromatic nitrogens is 1. The smallest absolute Gasteiger partial charge is 0.396 e. The number of fused-ring (bicyclic) bond motifs is 1. The molecule has 17 heavy (non-hydrogen) atoms. The third-order valence-electron chi connectivity index (χ3n) is 2.27. The summed E-state index contributed by atoms with van der Waals surface area (Å²) in [5.74, 6) is 0. The van der Waals surface area contributed by atoms with Crippen LogP contribution in [0.25, 0.3) is 10.9 Å². The SMILES string of the molecule is Nc1cnc2ccccc2c1NCC(F)(F)F. The Morgan fingerprint density at radius 2 is 1.94 bits per heavy atom. The number of anilines is 2. The summed E-state index contributed by atoms with van der Waals surface area (Å²) in [7, 11) is 0. The van der Waals surface area contributed by atoms with Crippen molar-refractivity contribution in [3.8, 4) is 0 Å². The summed E-state index contributed by atoms with van der Waals surface area (Å²) in [6, 6.07) is 6.88. The van der Waals surface area contributed by atoms with Crippen LogP contribution in [0.5, 0.6) is 0 Å². The third-order valence-corrected chi connectivity index (χ3v) is 2.27. The van der Waals surface area contributed by atoms with Gasteiger partial charge < -0.3 is 11.1 Å². The van der Waals surface area contributed by atoms with Crippen molar-refractivity contribution < 1.29 is 13.2 Å². The molecule has 90 valence electrons. The molecule has 0 bridgehead atoms. The summed E-state index contributed by atoms with van der Waals surface area (Å²) in [5, 5.41) is 2.89. The van der Waals surface area contributed by atoms with Gasteiger partial charge in [0.2, 0.25) is 0 Å². The van der Waals surface area contributed by atoms with Crippen LogP contribution in [0.4, 0.5) is 24.5 Å². The van der Waals surface area contributed by atoms with E-state index in [0.29, 0.717) is 10.9 Å². The van der Waals surface area contributed by atoms with E-state index in [0.717, 1.165) is 0 Å². The topological polar surface area (TPSA) is 50.9 Å². The molecule has 1 aromatic carbocycles. The number of nitrogens with zero attached hydrogens (tertiary/aromatic N) is 1. The van der Waals surface area contributed by atoms with E-state index >= 15 is 0 Å². The van der Waals surface area contributed by atoms with Gasteiger partial charge in [-0.25, -0.2) is 0 Å². The Kier molecular flexibility index (Phi) is 2.79. The van der Waals surface area contributed by atoms with Crippen molar-refractivity contribution in [1.29, 1.82) is 0 Å². The predicted molar refractivity (Wildman–Crippen MR) is 60.7 cm³/mol. The highest BCUT2D eigenvalue weighted by Gasteiger charge is 2.27. The van der Waals surface area contributed by atoms with E-state index in [4.69, 9.17) is 5.73 Å². The molecule has 3 N–H and O–H groups in total. The lowest BCUT2D eigenvalue weighted by Gasteiger charge is -2.13. The number of rotatable bonds is 2. The minimum atomic E-state index is -4.28. The van der Waals surface area contributed by atoms with E-state index in [-0.39, 0.29) is 11.4 Å². The molecule has 0 radical (unpaired) electrons. The molecule has 1 heterocycles. The van der Waals surface area contributed by atoms with E-state index in [9.17, 15) is 13.2 Å². The van der Waals surface area contributed by atoms with Gasteiger partial charge in [-0.3, -0.25) is 4.98 Å². The average Bonchev–Trinajstić information content (AvgIpc) is 2.26. The maximum absolute atomic E-state index is 12.2. The van der Waals surface area contributed by atoms with Crippen molar-refractivity contribution in [2.45, 2.75) is 6.18 Å². The monoisotopic (exact) mass is 241 g/mol. The summed E-state index contributed by atoms with van der Waals surface area (Å²) in [6.45, 7) is -1.12. The van der Waals surface area contributed by atoms with Gasteiger partial charge in [0.05, 0.1) is 23.1 Å². The number of halogens is 3. The maximum Gasteiger partial charge on any atom is 0.405 e. The zero-order chi connectivity index (χ0) is 12.5. The summed E-state index contributed by atoms with van der Waals surface area (Å²) in [6.07, 6.45) is -2.93. The van der Waals surface area contributed by atoms with Gasteiger partial charge in [0.1, 0.15) is 6.54 Å². The van der Waals surface area contributed by atoms with E-state index in [1.54, 1.807) is 24.3 Å². The Morgan fingerprint density at radius 1 is 1.24 bits per heavy atom. The molecule has 0 aliphatic heterocycles. The Labute approximate surface area is 95.4 Å². The maximum atomic E-state index is 12.2. The third kappa shape index (κ3) is 2.58. The van der Waals surface area contributed by atoms with Crippen LogP contribution in [0.15, 0.2) is 30.5 Å². The fourth-order valence-electron chi connectivity index (χ4n) is 1.54. The highest BCUT2D eigenvalue weighted by molar-refractivity contribution is 5.96. The first-order valence-corrected chi connectivity index (χ1v) is 4.91. The van der Waals surface area contributed by atoms with Crippen LogP contribution < -0.4 is 11.1 Å². The Balaban J connectivity index is 2.41. The van der Waals surface area contributed by atoms with Crippen molar-refractivity contribution in [3.63, 3.8) is 0 Å². The van der Waals surface area contributed by atoms with Gasteiger partial charge in [-0.2, -0.15) is 13.2 Å². The average molecular weight is 241 g/mol. The first-order chi connectivity index (χ1) is 7.97. The molecule has 2 rings (SSSR count). The summed E-state index contributed by atoms with van der Waals surface area (Å²) in [5.41, 5.74) is 6.70. The quantitative estimate of drug-likeness (QED) is 0.850. The number of benzene rings is 1. The zero-order valence-electron chi connectivity index (χ0n) is 8.75. The molecular weight excluding hydrogens is 231 g/mol. The van der Waals surface area contributed by atoms with Gasteiger partial charge in [0.25, 0.3) is 0 Å². The number of nitrogens with two attached hydrogens (primary N) is 1. The fraction of sp³-hybridized carbons (Fsp3) is 0.182. The van der Waals surface area contributed by atoms with Crippen molar-refractivity contribution in [2.24, 2.45) is 0 Å². The van der Waals surface area contributed by atoms with Gasteiger partial charge in [0, 0.05) is 5.39 Å². The molecule has 0 saturated carbocycles. The first kappa shape index (κ1) is 11.5. The van der Waals surface area contributed by atoms with Crippen molar-refractivity contribution >= 4 is 22.3 Å². The van der Waals surface area contributed by atoms with Gasteiger partial charge >= 0.3 is 6.18 Å². The minimum absolute atomic E-state index is 0.202.